The molecule has 0 radical (unpaired) electrons. The topological polar surface area (TPSA) is 50.7 Å². The Labute approximate surface area is 107 Å². The molecule has 2 rings (SSSR count). The summed E-state index contributed by atoms with van der Waals surface area (Å²) in [4.78, 5) is 15.8. The normalized spacial score (nSPS) is 28.9. The maximum atomic E-state index is 11.6. The molecule has 0 aromatic carbocycles. The second-order valence-corrected chi connectivity index (χ2v) is 5.78. The fraction of sp³-hybridized carbons (Fsp3) is 0.833. The standard InChI is InChI=1S/C12H20N2O2S/c1-9-4-2-3-5-10(9)16-8-11(15)14-12-13-6-7-17-12/h9-10H,2-8H2,1H3,(H,13,14,15). The van der Waals surface area contributed by atoms with Crippen molar-refractivity contribution in [1.29, 1.82) is 0 Å². The Hall–Kier alpha value is -0.550. The summed E-state index contributed by atoms with van der Waals surface area (Å²) in [5.74, 6) is 1.47. The molecule has 4 nitrogen and oxygen atoms in total. The Morgan fingerprint density at radius 1 is 1.53 bits per heavy atom. The molecule has 0 spiro atoms. The highest BCUT2D eigenvalue weighted by molar-refractivity contribution is 8.14. The van der Waals surface area contributed by atoms with E-state index in [1.54, 1.807) is 11.8 Å². The Bertz CT molecular complexity index is 307. The largest absolute Gasteiger partial charge is 0.368 e. The molecule has 17 heavy (non-hydrogen) atoms. The molecule has 0 aromatic heterocycles. The SMILES string of the molecule is CC1CCCCC1OCC(=O)NC1=NCCS1. The first-order valence-corrected chi connectivity index (χ1v) is 7.33. The number of carbonyl (C=O) groups is 1. The van der Waals surface area contributed by atoms with E-state index in [2.05, 4.69) is 17.2 Å². The van der Waals surface area contributed by atoms with E-state index < -0.39 is 0 Å². The second-order valence-electron chi connectivity index (χ2n) is 4.69. The Kier molecular flexibility index (Phi) is 4.86. The number of nitrogens with one attached hydrogen (secondary N) is 1. The van der Waals surface area contributed by atoms with Crippen molar-refractivity contribution >= 4 is 22.8 Å². The van der Waals surface area contributed by atoms with Crippen molar-refractivity contribution in [2.24, 2.45) is 10.9 Å². The summed E-state index contributed by atoms with van der Waals surface area (Å²) < 4.78 is 5.69. The lowest BCUT2D eigenvalue weighted by molar-refractivity contribution is -0.128. The number of ether oxygens (including phenoxy) is 1. The van der Waals surface area contributed by atoms with Crippen LogP contribution >= 0.6 is 11.8 Å². The van der Waals surface area contributed by atoms with E-state index in [0.717, 1.165) is 23.9 Å². The molecule has 1 aliphatic carbocycles. The average molecular weight is 256 g/mol. The molecular weight excluding hydrogens is 236 g/mol. The van der Waals surface area contributed by atoms with Crippen molar-refractivity contribution in [3.05, 3.63) is 0 Å². The fourth-order valence-electron chi connectivity index (χ4n) is 2.28. The van der Waals surface area contributed by atoms with Crippen molar-refractivity contribution in [1.82, 2.24) is 5.32 Å². The van der Waals surface area contributed by atoms with Gasteiger partial charge in [0.05, 0.1) is 12.6 Å². The minimum atomic E-state index is -0.0732. The minimum Gasteiger partial charge on any atom is -0.368 e. The molecule has 1 aliphatic heterocycles. The predicted molar refractivity (Wildman–Crippen MR) is 70.3 cm³/mol. The second kappa shape index (κ2) is 6.40. The number of thioether (sulfide) groups is 1. The van der Waals surface area contributed by atoms with Gasteiger partial charge in [0.25, 0.3) is 5.91 Å². The number of rotatable bonds is 3. The monoisotopic (exact) mass is 256 g/mol. The average Bonchev–Trinajstić information content (AvgIpc) is 2.81. The number of aliphatic imine (C=N–C) groups is 1. The lowest BCUT2D eigenvalue weighted by Gasteiger charge is -2.28. The van der Waals surface area contributed by atoms with Gasteiger partial charge >= 0.3 is 0 Å². The molecule has 2 aliphatic rings. The molecule has 96 valence electrons. The summed E-state index contributed by atoms with van der Waals surface area (Å²) >= 11 is 1.60. The number of carbonyl (C=O) groups excluding carboxylic acids is 1. The summed E-state index contributed by atoms with van der Waals surface area (Å²) in [5.41, 5.74) is 0. The Balaban J connectivity index is 1.68. The van der Waals surface area contributed by atoms with Crippen LogP contribution in [0.4, 0.5) is 0 Å². The van der Waals surface area contributed by atoms with Gasteiger partial charge in [-0.3, -0.25) is 9.79 Å². The molecule has 0 aromatic rings. The zero-order valence-corrected chi connectivity index (χ0v) is 11.1. The smallest absolute Gasteiger partial charge is 0.251 e. The zero-order valence-electron chi connectivity index (χ0n) is 10.3. The van der Waals surface area contributed by atoms with E-state index >= 15 is 0 Å². The van der Waals surface area contributed by atoms with Crippen LogP contribution in [0.25, 0.3) is 0 Å². The molecule has 1 amide bonds. The van der Waals surface area contributed by atoms with E-state index in [1.165, 1.54) is 19.3 Å². The highest BCUT2D eigenvalue weighted by Gasteiger charge is 2.22. The first kappa shape index (κ1) is 12.9. The molecule has 1 saturated carbocycles. The van der Waals surface area contributed by atoms with Gasteiger partial charge in [0.1, 0.15) is 6.61 Å². The lowest BCUT2D eigenvalue weighted by Crippen LogP contribution is -2.34. The van der Waals surface area contributed by atoms with Gasteiger partial charge in [0.15, 0.2) is 5.17 Å². The first-order chi connectivity index (χ1) is 8.25. The molecule has 2 atom stereocenters. The van der Waals surface area contributed by atoms with Gasteiger partial charge in [-0.2, -0.15) is 0 Å². The lowest BCUT2D eigenvalue weighted by atomic mass is 9.88. The van der Waals surface area contributed by atoms with Gasteiger partial charge in [-0.1, -0.05) is 31.5 Å². The van der Waals surface area contributed by atoms with Crippen molar-refractivity contribution in [2.75, 3.05) is 18.9 Å². The van der Waals surface area contributed by atoms with Gasteiger partial charge in [-0.05, 0) is 18.8 Å². The third-order valence-electron chi connectivity index (χ3n) is 3.29. The van der Waals surface area contributed by atoms with Gasteiger partial charge < -0.3 is 10.1 Å². The third-order valence-corrected chi connectivity index (χ3v) is 4.18. The van der Waals surface area contributed by atoms with Crippen molar-refractivity contribution in [2.45, 2.75) is 38.7 Å². The molecule has 0 saturated heterocycles. The van der Waals surface area contributed by atoms with E-state index in [4.69, 9.17) is 4.74 Å². The maximum Gasteiger partial charge on any atom is 0.251 e. The van der Waals surface area contributed by atoms with E-state index in [1.807, 2.05) is 0 Å². The zero-order chi connectivity index (χ0) is 12.1. The van der Waals surface area contributed by atoms with Crippen LogP contribution in [0.5, 0.6) is 0 Å². The maximum absolute atomic E-state index is 11.6. The molecule has 1 N–H and O–H groups in total. The highest BCUT2D eigenvalue weighted by atomic mass is 32.2. The van der Waals surface area contributed by atoms with Crippen LogP contribution in [-0.2, 0) is 9.53 Å². The van der Waals surface area contributed by atoms with Crippen molar-refractivity contribution in [3.8, 4) is 0 Å². The van der Waals surface area contributed by atoms with Crippen LogP contribution in [0.2, 0.25) is 0 Å². The van der Waals surface area contributed by atoms with Crippen LogP contribution < -0.4 is 5.32 Å². The summed E-state index contributed by atoms with van der Waals surface area (Å²) in [7, 11) is 0. The number of amides is 1. The summed E-state index contributed by atoms with van der Waals surface area (Å²) in [6.45, 7) is 3.17. The van der Waals surface area contributed by atoms with Gasteiger partial charge in [0, 0.05) is 5.75 Å². The quantitative estimate of drug-likeness (QED) is 0.837. The number of hydrogen-bond donors (Lipinski definition) is 1. The highest BCUT2D eigenvalue weighted by Crippen LogP contribution is 2.26. The van der Waals surface area contributed by atoms with Crippen LogP contribution in [0, 0.1) is 5.92 Å². The molecule has 1 fully saturated rings. The van der Waals surface area contributed by atoms with Crippen molar-refractivity contribution < 1.29 is 9.53 Å². The summed E-state index contributed by atoms with van der Waals surface area (Å²) in [6, 6.07) is 0. The number of hydrogen-bond acceptors (Lipinski definition) is 4. The van der Waals surface area contributed by atoms with Gasteiger partial charge in [-0.25, -0.2) is 0 Å². The van der Waals surface area contributed by atoms with Crippen LogP contribution in [0.1, 0.15) is 32.6 Å². The third kappa shape index (κ3) is 4.00. The molecule has 0 bridgehead atoms. The first-order valence-electron chi connectivity index (χ1n) is 6.34. The fourth-order valence-corrected chi connectivity index (χ4v) is 3.02. The Morgan fingerprint density at radius 2 is 2.35 bits per heavy atom. The number of amidine groups is 1. The van der Waals surface area contributed by atoms with E-state index in [-0.39, 0.29) is 18.6 Å². The molecule has 1 heterocycles. The van der Waals surface area contributed by atoms with Gasteiger partial charge in [0.2, 0.25) is 0 Å². The van der Waals surface area contributed by atoms with Crippen LogP contribution in [-0.4, -0.2) is 36.1 Å². The minimum absolute atomic E-state index is 0.0732. The van der Waals surface area contributed by atoms with E-state index in [0.29, 0.717) is 5.92 Å². The van der Waals surface area contributed by atoms with Crippen LogP contribution in [0.3, 0.4) is 0 Å². The summed E-state index contributed by atoms with van der Waals surface area (Å²) in [5, 5.41) is 3.53. The van der Waals surface area contributed by atoms with Crippen molar-refractivity contribution in [3.63, 3.8) is 0 Å². The predicted octanol–water partition coefficient (Wildman–Crippen LogP) is 1.80. The molecule has 2 unspecified atom stereocenters. The van der Waals surface area contributed by atoms with E-state index in [9.17, 15) is 4.79 Å². The molecule has 5 heteroatoms. The molecular formula is C12H20N2O2S. The number of nitrogens with zero attached hydrogens (tertiary/aromatic N) is 1. The van der Waals surface area contributed by atoms with Crippen LogP contribution in [0.15, 0.2) is 4.99 Å². The summed E-state index contributed by atoms with van der Waals surface area (Å²) in [6.07, 6.45) is 5.08. The Morgan fingerprint density at radius 3 is 3.06 bits per heavy atom. The van der Waals surface area contributed by atoms with Gasteiger partial charge in [-0.15, -0.1) is 0 Å².